The van der Waals surface area contributed by atoms with Crippen LogP contribution in [0.4, 0.5) is 0 Å². The highest BCUT2D eigenvalue weighted by molar-refractivity contribution is 5.35. The minimum atomic E-state index is 0.0803. The molecule has 2 nitrogen and oxygen atoms in total. The van der Waals surface area contributed by atoms with Crippen molar-refractivity contribution in [1.29, 1.82) is 0 Å². The Balaban J connectivity index is 1.82. The van der Waals surface area contributed by atoms with Crippen LogP contribution in [-0.4, -0.2) is 23.9 Å². The Morgan fingerprint density at radius 2 is 2.07 bits per heavy atom. The van der Waals surface area contributed by atoms with Crippen molar-refractivity contribution in [1.82, 2.24) is 0 Å². The number of aliphatic hydroxyl groups excluding tert-OH is 1. The van der Waals surface area contributed by atoms with E-state index in [2.05, 4.69) is 11.8 Å². The van der Waals surface area contributed by atoms with E-state index in [0.717, 1.165) is 18.4 Å². The summed E-state index contributed by atoms with van der Waals surface area (Å²) in [5.41, 5.74) is 1.02. The van der Waals surface area contributed by atoms with Gasteiger partial charge in [0, 0.05) is 12.2 Å². The van der Waals surface area contributed by atoms with Gasteiger partial charge >= 0.3 is 0 Å². The first-order valence-corrected chi connectivity index (χ1v) is 5.23. The Hall–Kier alpha value is -1.30. The van der Waals surface area contributed by atoms with Crippen molar-refractivity contribution in [3.05, 3.63) is 35.9 Å². The van der Waals surface area contributed by atoms with Crippen molar-refractivity contribution in [2.24, 2.45) is 0 Å². The standard InChI is InChI=1S/C13H14O2/c14-10-4-7-12-13(15-12)9-8-11-5-2-1-3-6-11/h1-3,5-6,12-14H,4,7,10H2. The molecule has 0 amide bonds. The largest absolute Gasteiger partial charge is 0.396 e. The van der Waals surface area contributed by atoms with E-state index in [0.29, 0.717) is 0 Å². The van der Waals surface area contributed by atoms with Gasteiger partial charge in [-0.05, 0) is 25.0 Å². The van der Waals surface area contributed by atoms with E-state index in [-0.39, 0.29) is 18.8 Å². The molecule has 1 aromatic rings. The van der Waals surface area contributed by atoms with Crippen LogP contribution in [0, 0.1) is 11.8 Å². The number of ether oxygens (including phenoxy) is 1. The summed E-state index contributed by atoms with van der Waals surface area (Å²) < 4.78 is 5.36. The Morgan fingerprint density at radius 3 is 2.80 bits per heavy atom. The first kappa shape index (κ1) is 10.2. The minimum Gasteiger partial charge on any atom is -0.396 e. The molecule has 2 atom stereocenters. The van der Waals surface area contributed by atoms with Crippen LogP contribution in [0.5, 0.6) is 0 Å². The van der Waals surface area contributed by atoms with Crippen LogP contribution in [0.1, 0.15) is 18.4 Å². The average molecular weight is 202 g/mol. The van der Waals surface area contributed by atoms with Gasteiger partial charge in [0.1, 0.15) is 6.10 Å². The molecular formula is C13H14O2. The average Bonchev–Trinajstić information content (AvgIpc) is 3.04. The van der Waals surface area contributed by atoms with E-state index >= 15 is 0 Å². The van der Waals surface area contributed by atoms with Gasteiger partial charge in [-0.3, -0.25) is 0 Å². The van der Waals surface area contributed by atoms with Gasteiger partial charge in [0.25, 0.3) is 0 Å². The monoisotopic (exact) mass is 202 g/mol. The van der Waals surface area contributed by atoms with Crippen LogP contribution in [-0.2, 0) is 4.74 Å². The molecule has 1 aromatic carbocycles. The molecule has 1 N–H and O–H groups in total. The zero-order chi connectivity index (χ0) is 10.5. The highest BCUT2D eigenvalue weighted by atomic mass is 16.6. The lowest BCUT2D eigenvalue weighted by molar-refractivity contribution is 0.273. The molecule has 0 saturated carbocycles. The first-order chi connectivity index (χ1) is 7.40. The fraction of sp³-hybridized carbons (Fsp3) is 0.385. The predicted octanol–water partition coefficient (Wildman–Crippen LogP) is 1.58. The molecule has 2 heteroatoms. The summed E-state index contributed by atoms with van der Waals surface area (Å²) in [6.07, 6.45) is 2.03. The third-order valence-electron chi connectivity index (χ3n) is 2.36. The molecule has 0 aromatic heterocycles. The maximum Gasteiger partial charge on any atom is 0.145 e. The van der Waals surface area contributed by atoms with E-state index in [1.165, 1.54) is 0 Å². The number of hydrogen-bond donors (Lipinski definition) is 1. The topological polar surface area (TPSA) is 32.8 Å². The molecule has 1 saturated heterocycles. The van der Waals surface area contributed by atoms with Gasteiger partial charge in [-0.15, -0.1) is 0 Å². The van der Waals surface area contributed by atoms with Crippen LogP contribution in [0.25, 0.3) is 0 Å². The van der Waals surface area contributed by atoms with Gasteiger partial charge in [-0.25, -0.2) is 0 Å². The number of benzene rings is 1. The number of hydrogen-bond acceptors (Lipinski definition) is 2. The Bertz CT molecular complexity index is 361. The molecule has 0 spiro atoms. The van der Waals surface area contributed by atoms with Crippen molar-refractivity contribution >= 4 is 0 Å². The predicted molar refractivity (Wildman–Crippen MR) is 58.3 cm³/mol. The van der Waals surface area contributed by atoms with Crippen LogP contribution < -0.4 is 0 Å². The number of epoxide rings is 1. The second-order valence-corrected chi connectivity index (χ2v) is 3.60. The summed E-state index contributed by atoms with van der Waals surface area (Å²) >= 11 is 0. The smallest absolute Gasteiger partial charge is 0.145 e. The Morgan fingerprint density at radius 1 is 1.27 bits per heavy atom. The summed E-state index contributed by atoms with van der Waals surface area (Å²) in [6, 6.07) is 9.89. The zero-order valence-electron chi connectivity index (χ0n) is 8.52. The Labute approximate surface area is 89.9 Å². The normalized spacial score (nSPS) is 23.0. The third-order valence-corrected chi connectivity index (χ3v) is 2.36. The molecule has 0 aliphatic carbocycles. The molecule has 0 radical (unpaired) electrons. The fourth-order valence-corrected chi connectivity index (χ4v) is 1.46. The van der Waals surface area contributed by atoms with Crippen molar-refractivity contribution in [2.45, 2.75) is 25.0 Å². The summed E-state index contributed by atoms with van der Waals surface area (Å²) in [7, 11) is 0. The summed E-state index contributed by atoms with van der Waals surface area (Å²) in [5.74, 6) is 6.15. The van der Waals surface area contributed by atoms with E-state index in [1.807, 2.05) is 30.3 Å². The molecule has 2 unspecified atom stereocenters. The van der Waals surface area contributed by atoms with E-state index in [4.69, 9.17) is 9.84 Å². The first-order valence-electron chi connectivity index (χ1n) is 5.23. The van der Waals surface area contributed by atoms with E-state index < -0.39 is 0 Å². The maximum atomic E-state index is 8.65. The van der Waals surface area contributed by atoms with Crippen molar-refractivity contribution in [3.63, 3.8) is 0 Å². The van der Waals surface area contributed by atoms with Gasteiger partial charge in [0.05, 0.1) is 6.10 Å². The molecule has 1 aliphatic heterocycles. The highest BCUT2D eigenvalue weighted by Crippen LogP contribution is 2.25. The molecule has 0 bridgehead atoms. The van der Waals surface area contributed by atoms with Crippen molar-refractivity contribution in [2.75, 3.05) is 6.61 Å². The fourth-order valence-electron chi connectivity index (χ4n) is 1.46. The molecular weight excluding hydrogens is 188 g/mol. The Kier molecular flexibility index (Phi) is 3.39. The van der Waals surface area contributed by atoms with Crippen LogP contribution >= 0.6 is 0 Å². The van der Waals surface area contributed by atoms with Crippen LogP contribution in [0.2, 0.25) is 0 Å². The van der Waals surface area contributed by atoms with Crippen LogP contribution in [0.15, 0.2) is 30.3 Å². The summed E-state index contributed by atoms with van der Waals surface area (Å²) in [5, 5.41) is 8.65. The molecule has 15 heavy (non-hydrogen) atoms. The van der Waals surface area contributed by atoms with Crippen LogP contribution in [0.3, 0.4) is 0 Å². The third kappa shape index (κ3) is 3.09. The second kappa shape index (κ2) is 4.97. The molecule has 78 valence electrons. The molecule has 1 fully saturated rings. The SMILES string of the molecule is OCCCC1OC1C#Cc1ccccc1. The van der Waals surface area contributed by atoms with Gasteiger partial charge in [0.2, 0.25) is 0 Å². The van der Waals surface area contributed by atoms with Crippen molar-refractivity contribution in [3.8, 4) is 11.8 Å². The van der Waals surface area contributed by atoms with E-state index in [1.54, 1.807) is 0 Å². The van der Waals surface area contributed by atoms with E-state index in [9.17, 15) is 0 Å². The lowest BCUT2D eigenvalue weighted by atomic mass is 10.2. The lowest BCUT2D eigenvalue weighted by Crippen LogP contribution is -1.93. The second-order valence-electron chi connectivity index (χ2n) is 3.60. The van der Waals surface area contributed by atoms with Gasteiger partial charge in [0.15, 0.2) is 0 Å². The maximum absolute atomic E-state index is 8.65. The summed E-state index contributed by atoms with van der Waals surface area (Å²) in [4.78, 5) is 0. The number of rotatable bonds is 3. The van der Waals surface area contributed by atoms with Crippen molar-refractivity contribution < 1.29 is 9.84 Å². The van der Waals surface area contributed by atoms with Gasteiger partial charge in [-0.1, -0.05) is 30.0 Å². The highest BCUT2D eigenvalue weighted by Gasteiger charge is 2.36. The van der Waals surface area contributed by atoms with Gasteiger partial charge < -0.3 is 9.84 Å². The molecule has 2 rings (SSSR count). The minimum absolute atomic E-state index is 0.0803. The zero-order valence-corrected chi connectivity index (χ0v) is 8.52. The molecule has 1 aliphatic rings. The van der Waals surface area contributed by atoms with Gasteiger partial charge in [-0.2, -0.15) is 0 Å². The summed E-state index contributed by atoms with van der Waals surface area (Å²) in [6.45, 7) is 0.235. The number of aliphatic hydroxyl groups is 1. The lowest BCUT2D eigenvalue weighted by Gasteiger charge is -1.88. The quantitative estimate of drug-likeness (QED) is 0.596. The molecule has 1 heterocycles.